The minimum atomic E-state index is 0.667. The Kier molecular flexibility index (Phi) is 0.588. The van der Waals surface area contributed by atoms with Crippen LogP contribution in [0.1, 0.15) is 0 Å². The van der Waals surface area contributed by atoms with Crippen LogP contribution in [0.3, 0.4) is 0 Å². The molecule has 0 N–H and O–H groups in total. The molecule has 2 radical (unpaired) electrons. The molecule has 0 bridgehead atoms. The zero-order valence-electron chi connectivity index (χ0n) is 2.64. The Bertz CT molecular complexity index is 44.9. The van der Waals surface area contributed by atoms with Crippen molar-refractivity contribution in [1.29, 1.82) is 0 Å². The molecule has 1 rings (SSSR count). The minimum absolute atomic E-state index is 0.667. The fraction of sp³-hybridized carbons (Fsp3) is 0.333. The molecule has 0 spiro atoms. The average Bonchev–Trinajstić information content (AvgIpc) is 1.76. The van der Waals surface area contributed by atoms with Crippen LogP contribution in [0.15, 0.2) is 6.08 Å². The van der Waals surface area contributed by atoms with E-state index in [1.165, 1.54) is 0 Å². The first-order valence-electron chi connectivity index (χ1n) is 1.40. The van der Waals surface area contributed by atoms with Crippen molar-refractivity contribution in [2.24, 2.45) is 0 Å². The monoisotopic (exact) mass is 69.0 g/mol. The lowest BCUT2D eigenvalue weighted by Crippen LogP contribution is -1.91. The Hall–Kier alpha value is -0.500. The van der Waals surface area contributed by atoms with Crippen molar-refractivity contribution in [2.45, 2.75) is 0 Å². The second-order valence-corrected chi connectivity index (χ2v) is 0.725. The molecule has 1 aliphatic heterocycles. The quantitative estimate of drug-likeness (QED) is 0.388. The van der Waals surface area contributed by atoms with Gasteiger partial charge in [-0.25, -0.2) is 0 Å². The fourth-order valence-electron chi connectivity index (χ4n) is 0.186. The third-order valence-electron chi connectivity index (χ3n) is 0.366. The van der Waals surface area contributed by atoms with Crippen LogP contribution in [0.2, 0.25) is 0 Å². The third kappa shape index (κ3) is 0.389. The van der Waals surface area contributed by atoms with Crippen molar-refractivity contribution < 1.29 is 4.84 Å². The summed E-state index contributed by atoms with van der Waals surface area (Å²) in [6.45, 7) is 0.667. The molecule has 0 aromatic rings. The molecule has 2 nitrogen and oxygen atoms in total. The highest BCUT2D eigenvalue weighted by atomic mass is 16.6. The van der Waals surface area contributed by atoms with Crippen molar-refractivity contribution in [3.05, 3.63) is 12.3 Å². The maximum absolute atomic E-state index is 4.26. The molecule has 0 aliphatic carbocycles. The van der Waals surface area contributed by atoms with E-state index in [1.54, 1.807) is 6.08 Å². The third-order valence-corrected chi connectivity index (χ3v) is 0.366. The Morgan fingerprint density at radius 2 is 3.00 bits per heavy atom. The number of rotatable bonds is 0. The van der Waals surface area contributed by atoms with Crippen LogP contribution in [0.4, 0.5) is 0 Å². The summed E-state index contributed by atoms with van der Waals surface area (Å²) in [6, 6.07) is 0. The molecule has 0 saturated heterocycles. The molecule has 0 aromatic carbocycles. The maximum Gasteiger partial charge on any atom is 0.191 e. The van der Waals surface area contributed by atoms with Gasteiger partial charge >= 0.3 is 0 Å². The second-order valence-electron chi connectivity index (χ2n) is 0.725. The average molecular weight is 69.1 g/mol. The zero-order chi connectivity index (χ0) is 3.54. The van der Waals surface area contributed by atoms with E-state index < -0.39 is 0 Å². The van der Waals surface area contributed by atoms with Crippen LogP contribution < -0.4 is 5.48 Å². The van der Waals surface area contributed by atoms with E-state index in [0.717, 1.165) is 0 Å². The molecule has 0 fully saturated rings. The summed E-state index contributed by atoms with van der Waals surface area (Å²) in [5.41, 5.74) is 3.42. The number of nitrogens with zero attached hydrogens (tertiary/aromatic N) is 1. The van der Waals surface area contributed by atoms with Gasteiger partial charge in [0.25, 0.3) is 0 Å². The highest BCUT2D eigenvalue weighted by Crippen LogP contribution is 1.79. The van der Waals surface area contributed by atoms with Gasteiger partial charge in [-0.1, -0.05) is 0 Å². The van der Waals surface area contributed by atoms with Gasteiger partial charge in [-0.05, 0) is 11.6 Å². The van der Waals surface area contributed by atoms with Crippen molar-refractivity contribution >= 4 is 0 Å². The van der Waals surface area contributed by atoms with Gasteiger partial charge in [0.05, 0.1) is 6.54 Å². The predicted molar refractivity (Wildman–Crippen MR) is 15.9 cm³/mol. The fourth-order valence-corrected chi connectivity index (χ4v) is 0.186. The molecule has 26 valence electrons. The summed E-state index contributed by atoms with van der Waals surface area (Å²) in [5, 5.41) is 0. The molecule has 0 unspecified atom stereocenters. The minimum Gasteiger partial charge on any atom is -0.384 e. The van der Waals surface area contributed by atoms with Gasteiger partial charge in [0.15, 0.2) is 6.26 Å². The van der Waals surface area contributed by atoms with Gasteiger partial charge in [0, 0.05) is 0 Å². The van der Waals surface area contributed by atoms with Gasteiger partial charge in [0.1, 0.15) is 0 Å². The van der Waals surface area contributed by atoms with Gasteiger partial charge in [-0.2, -0.15) is 0 Å². The first kappa shape index (κ1) is 2.72. The zero-order valence-corrected chi connectivity index (χ0v) is 2.64. The molecule has 0 amide bonds. The van der Waals surface area contributed by atoms with E-state index in [4.69, 9.17) is 0 Å². The SMILES string of the molecule is [C]1=CC[N]O1. The van der Waals surface area contributed by atoms with Gasteiger partial charge in [-0.3, -0.25) is 0 Å². The molecule has 0 aromatic heterocycles. The molecule has 0 atom stereocenters. The molecule has 1 aliphatic rings. The summed E-state index contributed by atoms with van der Waals surface area (Å²) in [4.78, 5) is 4.26. The van der Waals surface area contributed by atoms with Crippen LogP contribution >= 0.6 is 0 Å². The van der Waals surface area contributed by atoms with Crippen molar-refractivity contribution in [3.63, 3.8) is 0 Å². The van der Waals surface area contributed by atoms with Crippen LogP contribution in [-0.2, 0) is 4.84 Å². The topological polar surface area (TPSA) is 23.3 Å². The Balaban J connectivity index is 2.32. The number of hydrogen-bond acceptors (Lipinski definition) is 1. The summed E-state index contributed by atoms with van der Waals surface area (Å²) >= 11 is 0. The van der Waals surface area contributed by atoms with E-state index in [1.807, 2.05) is 0 Å². The molecule has 1 heterocycles. The van der Waals surface area contributed by atoms with E-state index >= 15 is 0 Å². The second kappa shape index (κ2) is 1.08. The maximum atomic E-state index is 4.26. The van der Waals surface area contributed by atoms with Crippen LogP contribution in [0, 0.1) is 6.26 Å². The van der Waals surface area contributed by atoms with Gasteiger partial charge < -0.3 is 4.84 Å². The van der Waals surface area contributed by atoms with E-state index in [-0.39, 0.29) is 0 Å². The standard InChI is InChI=1S/C3H3NO/c1-2-4-5-3-1/h1H,2H2. The summed E-state index contributed by atoms with van der Waals surface area (Å²) in [6.07, 6.45) is 4.15. The molecule has 0 saturated carbocycles. The number of hydroxylamine groups is 1. The van der Waals surface area contributed by atoms with E-state index in [2.05, 4.69) is 16.6 Å². The van der Waals surface area contributed by atoms with Crippen LogP contribution in [0.25, 0.3) is 0 Å². The lowest BCUT2D eigenvalue weighted by Gasteiger charge is -1.76. The van der Waals surface area contributed by atoms with Crippen molar-refractivity contribution in [3.8, 4) is 0 Å². The van der Waals surface area contributed by atoms with E-state index in [0.29, 0.717) is 6.54 Å². The normalized spacial score (nSPS) is 19.2. The van der Waals surface area contributed by atoms with Crippen LogP contribution in [-0.4, -0.2) is 6.54 Å². The highest BCUT2D eigenvalue weighted by molar-refractivity contribution is 4.71. The molecule has 5 heavy (non-hydrogen) atoms. The van der Waals surface area contributed by atoms with Crippen molar-refractivity contribution in [2.75, 3.05) is 6.54 Å². The number of hydrogen-bond donors (Lipinski definition) is 0. The lowest BCUT2D eigenvalue weighted by atomic mass is 10.7. The van der Waals surface area contributed by atoms with Gasteiger partial charge in [-0.15, -0.1) is 0 Å². The smallest absolute Gasteiger partial charge is 0.191 e. The Labute approximate surface area is 30.4 Å². The molecular formula is C3H3NO. The van der Waals surface area contributed by atoms with Crippen molar-refractivity contribution in [1.82, 2.24) is 5.48 Å². The van der Waals surface area contributed by atoms with Gasteiger partial charge in [0.2, 0.25) is 0 Å². The molecular weight excluding hydrogens is 66.0 g/mol. The van der Waals surface area contributed by atoms with E-state index in [9.17, 15) is 0 Å². The first-order valence-corrected chi connectivity index (χ1v) is 1.40. The van der Waals surface area contributed by atoms with Crippen LogP contribution in [0.5, 0.6) is 0 Å². The summed E-state index contributed by atoms with van der Waals surface area (Å²) in [7, 11) is 0. The lowest BCUT2D eigenvalue weighted by molar-refractivity contribution is 0.142. The largest absolute Gasteiger partial charge is 0.384 e. The Morgan fingerprint density at radius 1 is 2.00 bits per heavy atom. The highest BCUT2D eigenvalue weighted by Gasteiger charge is 1.86. The molecule has 2 heteroatoms. The first-order chi connectivity index (χ1) is 2.50. The predicted octanol–water partition coefficient (Wildman–Crippen LogP) is -0.147. The Morgan fingerprint density at radius 3 is 3.20 bits per heavy atom. The summed E-state index contributed by atoms with van der Waals surface area (Å²) in [5.74, 6) is 0. The summed E-state index contributed by atoms with van der Waals surface area (Å²) < 4.78 is 0.